The van der Waals surface area contributed by atoms with Crippen LogP contribution >= 0.6 is 0 Å². The molecule has 0 amide bonds. The van der Waals surface area contributed by atoms with Gasteiger partial charge in [-0.2, -0.15) is 5.10 Å². The van der Waals surface area contributed by atoms with Gasteiger partial charge in [-0.25, -0.2) is 4.39 Å². The van der Waals surface area contributed by atoms with E-state index in [2.05, 4.69) is 5.10 Å². The maximum absolute atomic E-state index is 13.3. The molecule has 0 saturated carbocycles. The summed E-state index contributed by atoms with van der Waals surface area (Å²) in [5.74, 6) is 0.293. The lowest BCUT2D eigenvalue weighted by Crippen LogP contribution is -2.00. The van der Waals surface area contributed by atoms with Crippen LogP contribution in [-0.4, -0.2) is 16.9 Å². The molecule has 0 bridgehead atoms. The van der Waals surface area contributed by atoms with Crippen molar-refractivity contribution in [2.75, 3.05) is 7.11 Å². The number of hydrogen-bond donors (Lipinski definition) is 1. The second kappa shape index (κ2) is 4.55. The maximum atomic E-state index is 13.3. The maximum Gasteiger partial charge on any atom is 0.127 e. The number of hydrogen-bond acceptors (Lipinski definition) is 3. The van der Waals surface area contributed by atoms with Gasteiger partial charge in [0, 0.05) is 30.9 Å². The Bertz CT molecular complexity index is 537. The van der Waals surface area contributed by atoms with E-state index in [0.29, 0.717) is 17.9 Å². The zero-order valence-corrected chi connectivity index (χ0v) is 9.77. The van der Waals surface area contributed by atoms with Crippen molar-refractivity contribution in [3.05, 3.63) is 35.9 Å². The number of aryl methyl sites for hydroxylation is 1. The summed E-state index contributed by atoms with van der Waals surface area (Å²) in [6.07, 6.45) is 1.81. The molecule has 0 spiro atoms. The summed E-state index contributed by atoms with van der Waals surface area (Å²) in [6.45, 7) is 0.301. The number of nitrogens with zero attached hydrogens (tertiary/aromatic N) is 2. The van der Waals surface area contributed by atoms with E-state index in [-0.39, 0.29) is 5.82 Å². The van der Waals surface area contributed by atoms with Crippen LogP contribution in [-0.2, 0) is 13.6 Å². The van der Waals surface area contributed by atoms with Gasteiger partial charge in [-0.05, 0) is 18.2 Å². The molecule has 2 rings (SSSR count). The molecule has 2 N–H and O–H groups in total. The van der Waals surface area contributed by atoms with E-state index in [1.54, 1.807) is 31.1 Å². The molecule has 90 valence electrons. The van der Waals surface area contributed by atoms with Gasteiger partial charge in [-0.3, -0.25) is 4.68 Å². The van der Waals surface area contributed by atoms with Gasteiger partial charge in [0.1, 0.15) is 11.6 Å². The molecule has 4 nitrogen and oxygen atoms in total. The highest BCUT2D eigenvalue weighted by Gasteiger charge is 2.13. The zero-order valence-electron chi connectivity index (χ0n) is 9.77. The monoisotopic (exact) mass is 235 g/mol. The summed E-state index contributed by atoms with van der Waals surface area (Å²) < 4.78 is 20.2. The lowest BCUT2D eigenvalue weighted by Gasteiger charge is -2.07. The zero-order chi connectivity index (χ0) is 12.4. The standard InChI is InChI=1S/C12H14FN3O/c1-16-7-10(11(6-14)15-16)9-5-8(13)3-4-12(9)17-2/h3-5,7H,6,14H2,1-2H3. The van der Waals surface area contributed by atoms with E-state index in [9.17, 15) is 4.39 Å². The van der Waals surface area contributed by atoms with Gasteiger partial charge < -0.3 is 10.5 Å². The average Bonchev–Trinajstić information content (AvgIpc) is 2.70. The highest BCUT2D eigenvalue weighted by atomic mass is 19.1. The quantitative estimate of drug-likeness (QED) is 0.880. The van der Waals surface area contributed by atoms with Crippen LogP contribution in [0.3, 0.4) is 0 Å². The third-order valence-corrected chi connectivity index (χ3v) is 2.55. The van der Waals surface area contributed by atoms with Gasteiger partial charge in [0.2, 0.25) is 0 Å². The number of halogens is 1. The van der Waals surface area contributed by atoms with Crippen LogP contribution in [0.2, 0.25) is 0 Å². The normalized spacial score (nSPS) is 10.6. The fraction of sp³-hybridized carbons (Fsp3) is 0.250. The Morgan fingerprint density at radius 1 is 1.41 bits per heavy atom. The first-order valence-corrected chi connectivity index (χ1v) is 5.22. The predicted octanol–water partition coefficient (Wildman–Crippen LogP) is 1.69. The third kappa shape index (κ3) is 2.14. The molecule has 17 heavy (non-hydrogen) atoms. The number of aromatic nitrogens is 2. The number of rotatable bonds is 3. The average molecular weight is 235 g/mol. The smallest absolute Gasteiger partial charge is 0.127 e. The van der Waals surface area contributed by atoms with Crippen molar-refractivity contribution in [3.63, 3.8) is 0 Å². The Labute approximate surface area is 98.8 Å². The van der Waals surface area contributed by atoms with Crippen LogP contribution in [0.4, 0.5) is 4.39 Å². The first kappa shape index (κ1) is 11.6. The summed E-state index contributed by atoms with van der Waals surface area (Å²) in [5.41, 5.74) is 7.80. The molecule has 0 aliphatic carbocycles. The number of benzene rings is 1. The minimum Gasteiger partial charge on any atom is -0.496 e. The Kier molecular flexibility index (Phi) is 3.10. The highest BCUT2D eigenvalue weighted by molar-refractivity contribution is 5.72. The van der Waals surface area contributed by atoms with Crippen molar-refractivity contribution in [3.8, 4) is 16.9 Å². The Morgan fingerprint density at radius 3 is 2.82 bits per heavy atom. The summed E-state index contributed by atoms with van der Waals surface area (Å²) >= 11 is 0. The second-order valence-corrected chi connectivity index (χ2v) is 3.71. The van der Waals surface area contributed by atoms with Crippen molar-refractivity contribution in [2.24, 2.45) is 12.8 Å². The van der Waals surface area contributed by atoms with Crippen molar-refractivity contribution >= 4 is 0 Å². The molecule has 1 heterocycles. The molecule has 1 aromatic heterocycles. The molecule has 5 heteroatoms. The molecule has 1 aromatic carbocycles. The third-order valence-electron chi connectivity index (χ3n) is 2.55. The molecule has 0 atom stereocenters. The SMILES string of the molecule is COc1ccc(F)cc1-c1cn(C)nc1CN. The Hall–Kier alpha value is -1.88. The molecule has 0 radical (unpaired) electrons. The van der Waals surface area contributed by atoms with E-state index >= 15 is 0 Å². The number of ether oxygens (including phenoxy) is 1. The second-order valence-electron chi connectivity index (χ2n) is 3.71. The van der Waals surface area contributed by atoms with Gasteiger partial charge >= 0.3 is 0 Å². The van der Waals surface area contributed by atoms with Gasteiger partial charge in [-0.15, -0.1) is 0 Å². The van der Waals surface area contributed by atoms with Gasteiger partial charge in [0.15, 0.2) is 0 Å². The molecule has 0 aliphatic rings. The van der Waals surface area contributed by atoms with Crippen molar-refractivity contribution < 1.29 is 9.13 Å². The van der Waals surface area contributed by atoms with E-state index in [1.165, 1.54) is 12.1 Å². The first-order chi connectivity index (χ1) is 8.15. The van der Waals surface area contributed by atoms with Gasteiger partial charge in [0.05, 0.1) is 12.8 Å². The number of nitrogens with two attached hydrogens (primary N) is 1. The lowest BCUT2D eigenvalue weighted by molar-refractivity contribution is 0.415. The topological polar surface area (TPSA) is 53.1 Å². The van der Waals surface area contributed by atoms with E-state index in [0.717, 1.165) is 11.3 Å². The minimum absolute atomic E-state index is 0.301. The number of methoxy groups -OCH3 is 1. The van der Waals surface area contributed by atoms with Gasteiger partial charge in [-0.1, -0.05) is 0 Å². The summed E-state index contributed by atoms with van der Waals surface area (Å²) in [4.78, 5) is 0. The van der Waals surface area contributed by atoms with Crippen LogP contribution in [0, 0.1) is 5.82 Å². The Balaban J connectivity index is 2.61. The van der Waals surface area contributed by atoms with E-state index in [4.69, 9.17) is 10.5 Å². The molecule has 0 aliphatic heterocycles. The van der Waals surface area contributed by atoms with E-state index < -0.39 is 0 Å². The fourth-order valence-corrected chi connectivity index (χ4v) is 1.80. The molecule has 0 saturated heterocycles. The fourth-order valence-electron chi connectivity index (χ4n) is 1.80. The molecule has 0 unspecified atom stereocenters. The molecule has 0 fully saturated rings. The van der Waals surface area contributed by atoms with Gasteiger partial charge in [0.25, 0.3) is 0 Å². The van der Waals surface area contributed by atoms with Crippen LogP contribution < -0.4 is 10.5 Å². The van der Waals surface area contributed by atoms with E-state index in [1.807, 2.05) is 0 Å². The van der Waals surface area contributed by atoms with Crippen LogP contribution in [0.25, 0.3) is 11.1 Å². The Morgan fingerprint density at radius 2 is 2.18 bits per heavy atom. The first-order valence-electron chi connectivity index (χ1n) is 5.22. The predicted molar refractivity (Wildman–Crippen MR) is 63.0 cm³/mol. The highest BCUT2D eigenvalue weighted by Crippen LogP contribution is 2.32. The van der Waals surface area contributed by atoms with Crippen molar-refractivity contribution in [1.29, 1.82) is 0 Å². The molecular weight excluding hydrogens is 221 g/mol. The van der Waals surface area contributed by atoms with Crippen molar-refractivity contribution in [1.82, 2.24) is 9.78 Å². The largest absolute Gasteiger partial charge is 0.496 e. The van der Waals surface area contributed by atoms with Crippen LogP contribution in [0.15, 0.2) is 24.4 Å². The molecular formula is C12H14FN3O. The van der Waals surface area contributed by atoms with Crippen molar-refractivity contribution in [2.45, 2.75) is 6.54 Å². The lowest BCUT2D eigenvalue weighted by atomic mass is 10.1. The van der Waals surface area contributed by atoms with Crippen LogP contribution in [0.5, 0.6) is 5.75 Å². The summed E-state index contributed by atoms with van der Waals surface area (Å²) in [7, 11) is 3.35. The molecule has 2 aromatic rings. The van der Waals surface area contributed by atoms with Crippen LogP contribution in [0.1, 0.15) is 5.69 Å². The summed E-state index contributed by atoms with van der Waals surface area (Å²) in [6, 6.07) is 4.38. The summed E-state index contributed by atoms with van der Waals surface area (Å²) in [5, 5.41) is 4.22. The minimum atomic E-state index is -0.312.